The maximum absolute atomic E-state index is 12.5. The molecule has 24 heavy (non-hydrogen) atoms. The average molecular weight is 327 g/mol. The lowest BCUT2D eigenvalue weighted by Crippen LogP contribution is -2.45. The molecule has 0 unspecified atom stereocenters. The first kappa shape index (κ1) is 16.7. The molecule has 1 aromatic carbocycles. The molecule has 0 atom stereocenters. The van der Waals surface area contributed by atoms with Crippen molar-refractivity contribution in [2.75, 3.05) is 32.7 Å². The van der Waals surface area contributed by atoms with Crippen molar-refractivity contribution in [1.29, 1.82) is 0 Å². The summed E-state index contributed by atoms with van der Waals surface area (Å²) in [4.78, 5) is 27.7. The third-order valence-electron chi connectivity index (χ3n) is 5.06. The lowest BCUT2D eigenvalue weighted by Gasteiger charge is -2.33. The van der Waals surface area contributed by atoms with Crippen LogP contribution in [-0.4, -0.2) is 54.3 Å². The van der Waals surface area contributed by atoms with Crippen molar-refractivity contribution in [1.82, 2.24) is 9.80 Å². The van der Waals surface area contributed by atoms with Gasteiger partial charge in [-0.05, 0) is 43.5 Å². The summed E-state index contributed by atoms with van der Waals surface area (Å²) in [7, 11) is 0. The number of benzene rings is 1. The van der Waals surface area contributed by atoms with Crippen molar-refractivity contribution in [2.24, 2.45) is 11.7 Å². The van der Waals surface area contributed by atoms with Crippen LogP contribution in [0.25, 0.3) is 5.57 Å². The lowest BCUT2D eigenvalue weighted by molar-refractivity contribution is -0.132. The Morgan fingerprint density at radius 1 is 1.08 bits per heavy atom. The molecular weight excluding hydrogens is 302 g/mol. The molecule has 2 N–H and O–H groups in total. The van der Waals surface area contributed by atoms with Gasteiger partial charge in [-0.3, -0.25) is 14.5 Å². The minimum absolute atomic E-state index is 0.0253. The molecule has 0 bridgehead atoms. The molecule has 1 saturated heterocycles. The van der Waals surface area contributed by atoms with E-state index in [4.69, 9.17) is 5.73 Å². The highest BCUT2D eigenvalue weighted by atomic mass is 16.2. The van der Waals surface area contributed by atoms with Gasteiger partial charge in [0.1, 0.15) is 0 Å². The van der Waals surface area contributed by atoms with E-state index in [0.717, 1.165) is 38.9 Å². The van der Waals surface area contributed by atoms with E-state index in [1.807, 2.05) is 23.1 Å². The number of rotatable bonds is 4. The van der Waals surface area contributed by atoms with Gasteiger partial charge in [0.2, 0.25) is 11.8 Å². The van der Waals surface area contributed by atoms with Crippen molar-refractivity contribution in [3.8, 4) is 0 Å². The minimum atomic E-state index is -0.212. The molecular formula is C19H25N3O2. The summed E-state index contributed by atoms with van der Waals surface area (Å²) in [5.74, 6) is -0.0609. The van der Waals surface area contributed by atoms with Gasteiger partial charge in [-0.25, -0.2) is 0 Å². The summed E-state index contributed by atoms with van der Waals surface area (Å²) in [5.41, 5.74) is 7.92. The molecule has 3 rings (SSSR count). The first-order chi connectivity index (χ1) is 11.6. The number of carbonyl (C=O) groups excluding carboxylic acids is 2. The van der Waals surface area contributed by atoms with Crippen LogP contribution in [0.2, 0.25) is 0 Å². The van der Waals surface area contributed by atoms with Gasteiger partial charge in [0.05, 0.1) is 6.54 Å². The van der Waals surface area contributed by atoms with Gasteiger partial charge < -0.3 is 10.6 Å². The number of hydrogen-bond donors (Lipinski definition) is 1. The normalized spacial score (nSPS) is 19.8. The highest BCUT2D eigenvalue weighted by Gasteiger charge is 2.26. The predicted octanol–water partition coefficient (Wildman–Crippen LogP) is 1.50. The van der Waals surface area contributed by atoms with Gasteiger partial charge in [0.25, 0.3) is 0 Å². The van der Waals surface area contributed by atoms with Crippen LogP contribution in [0.4, 0.5) is 0 Å². The van der Waals surface area contributed by atoms with Crippen LogP contribution in [0.5, 0.6) is 0 Å². The molecule has 5 heteroatoms. The average Bonchev–Trinajstić information content (AvgIpc) is 2.63. The Balaban J connectivity index is 1.49. The molecule has 2 aliphatic heterocycles. The molecule has 1 fully saturated rings. The molecule has 2 heterocycles. The summed E-state index contributed by atoms with van der Waals surface area (Å²) in [6, 6.07) is 10.3. The Bertz CT molecular complexity index is 619. The van der Waals surface area contributed by atoms with Crippen molar-refractivity contribution < 1.29 is 9.59 Å². The Hall–Kier alpha value is -2.14. The van der Waals surface area contributed by atoms with E-state index in [1.54, 1.807) is 0 Å². The van der Waals surface area contributed by atoms with Gasteiger partial charge in [0.15, 0.2) is 0 Å². The first-order valence-corrected chi connectivity index (χ1v) is 8.67. The second kappa shape index (κ2) is 7.62. The third kappa shape index (κ3) is 4.03. The number of hydrogen-bond acceptors (Lipinski definition) is 3. The van der Waals surface area contributed by atoms with E-state index in [-0.39, 0.29) is 17.7 Å². The topological polar surface area (TPSA) is 66.6 Å². The molecule has 0 saturated carbocycles. The van der Waals surface area contributed by atoms with Crippen LogP contribution in [0, 0.1) is 5.92 Å². The number of primary amides is 1. The van der Waals surface area contributed by atoms with Crippen LogP contribution in [0.15, 0.2) is 36.4 Å². The van der Waals surface area contributed by atoms with Crippen molar-refractivity contribution in [2.45, 2.75) is 19.3 Å². The Kier molecular flexibility index (Phi) is 5.30. The fourth-order valence-electron chi connectivity index (χ4n) is 3.48. The van der Waals surface area contributed by atoms with Crippen LogP contribution < -0.4 is 5.73 Å². The maximum Gasteiger partial charge on any atom is 0.237 e. The second-order valence-electron chi connectivity index (χ2n) is 6.64. The van der Waals surface area contributed by atoms with E-state index in [2.05, 4.69) is 23.1 Å². The summed E-state index contributed by atoms with van der Waals surface area (Å²) in [6.45, 7) is 3.45. The zero-order valence-corrected chi connectivity index (χ0v) is 14.0. The first-order valence-electron chi connectivity index (χ1n) is 8.67. The molecule has 2 amide bonds. The van der Waals surface area contributed by atoms with Crippen LogP contribution in [0.1, 0.15) is 24.8 Å². The highest BCUT2D eigenvalue weighted by Crippen LogP contribution is 2.22. The number of piperidine rings is 1. The predicted molar refractivity (Wildman–Crippen MR) is 94.0 cm³/mol. The lowest BCUT2D eigenvalue weighted by atomic mass is 9.96. The van der Waals surface area contributed by atoms with Gasteiger partial charge in [-0.15, -0.1) is 0 Å². The molecule has 0 radical (unpaired) electrons. The monoisotopic (exact) mass is 327 g/mol. The number of amides is 2. The molecule has 0 spiro atoms. The largest absolute Gasteiger partial charge is 0.369 e. The van der Waals surface area contributed by atoms with E-state index in [9.17, 15) is 9.59 Å². The zero-order valence-electron chi connectivity index (χ0n) is 14.0. The Labute approximate surface area is 143 Å². The van der Waals surface area contributed by atoms with Crippen LogP contribution in [0.3, 0.4) is 0 Å². The number of likely N-dealkylation sites (tertiary alicyclic amines) is 1. The SMILES string of the molecule is NC(=O)C1CCN(CC(=O)N2CC=C(c3ccccc3)CC2)CC1. The van der Waals surface area contributed by atoms with Crippen LogP contribution >= 0.6 is 0 Å². The van der Waals surface area contributed by atoms with Gasteiger partial charge in [-0.1, -0.05) is 36.4 Å². The molecule has 0 aromatic heterocycles. The van der Waals surface area contributed by atoms with E-state index >= 15 is 0 Å². The quantitative estimate of drug-likeness (QED) is 0.911. The summed E-state index contributed by atoms with van der Waals surface area (Å²) in [6.07, 6.45) is 4.59. The molecule has 2 aliphatic rings. The molecule has 0 aliphatic carbocycles. The van der Waals surface area contributed by atoms with E-state index in [0.29, 0.717) is 13.1 Å². The number of nitrogens with zero attached hydrogens (tertiary/aromatic N) is 2. The van der Waals surface area contributed by atoms with Gasteiger partial charge in [-0.2, -0.15) is 0 Å². The molecule has 5 nitrogen and oxygen atoms in total. The molecule has 128 valence electrons. The fraction of sp³-hybridized carbons (Fsp3) is 0.474. The number of nitrogens with two attached hydrogens (primary N) is 1. The summed E-state index contributed by atoms with van der Waals surface area (Å²) >= 11 is 0. The van der Waals surface area contributed by atoms with E-state index in [1.165, 1.54) is 11.1 Å². The minimum Gasteiger partial charge on any atom is -0.369 e. The maximum atomic E-state index is 12.5. The van der Waals surface area contributed by atoms with Crippen LogP contribution in [-0.2, 0) is 9.59 Å². The third-order valence-corrected chi connectivity index (χ3v) is 5.06. The van der Waals surface area contributed by atoms with E-state index < -0.39 is 0 Å². The van der Waals surface area contributed by atoms with Crippen molar-refractivity contribution in [3.05, 3.63) is 42.0 Å². The standard InChI is InChI=1S/C19H25N3O2/c20-19(24)17-6-10-21(11-7-17)14-18(23)22-12-8-16(9-13-22)15-4-2-1-3-5-15/h1-5,8,17H,6-7,9-14H2,(H2,20,24). The summed E-state index contributed by atoms with van der Waals surface area (Å²) < 4.78 is 0. The number of carbonyl (C=O) groups is 2. The summed E-state index contributed by atoms with van der Waals surface area (Å²) in [5, 5.41) is 0. The zero-order chi connectivity index (χ0) is 16.9. The van der Waals surface area contributed by atoms with Crippen molar-refractivity contribution >= 4 is 17.4 Å². The van der Waals surface area contributed by atoms with Gasteiger partial charge >= 0.3 is 0 Å². The Morgan fingerprint density at radius 2 is 1.79 bits per heavy atom. The smallest absolute Gasteiger partial charge is 0.237 e. The fourth-order valence-corrected chi connectivity index (χ4v) is 3.48. The Morgan fingerprint density at radius 3 is 2.38 bits per heavy atom. The second-order valence-corrected chi connectivity index (χ2v) is 6.64. The van der Waals surface area contributed by atoms with Gasteiger partial charge in [0, 0.05) is 19.0 Å². The highest BCUT2D eigenvalue weighted by molar-refractivity contribution is 5.80. The van der Waals surface area contributed by atoms with Crippen molar-refractivity contribution in [3.63, 3.8) is 0 Å². The molecule has 1 aromatic rings.